The maximum atomic E-state index is 10.5. The summed E-state index contributed by atoms with van der Waals surface area (Å²) >= 11 is 13.3. The predicted octanol–water partition coefficient (Wildman–Crippen LogP) is 5.70. The van der Waals surface area contributed by atoms with Gasteiger partial charge in [0.1, 0.15) is 6.10 Å². The lowest BCUT2D eigenvalue weighted by Crippen LogP contribution is -2.42. The lowest BCUT2D eigenvalue weighted by atomic mass is 9.74. The molecule has 2 aliphatic carbocycles. The first kappa shape index (κ1) is 20.2. The van der Waals surface area contributed by atoms with Gasteiger partial charge in [0.25, 0.3) is 0 Å². The van der Waals surface area contributed by atoms with Crippen molar-refractivity contribution in [2.75, 3.05) is 0 Å². The molecular weight excluding hydrogens is 367 g/mol. The molecule has 144 valence electrons. The van der Waals surface area contributed by atoms with Gasteiger partial charge in [0, 0.05) is 16.7 Å². The standard InChI is InChI=1S/C22H30Cl2O2/c1-2-3-4-5-7-17-18(23)14-19(24)20(17)15-8-10-16(11-9-15)21(25)22(26)12-6-13-22/h4-5,8-11,17-21,25-26H,2-3,6-7,12-14H2,1H3/b5-4-. The number of hydrogen-bond donors (Lipinski definition) is 2. The van der Waals surface area contributed by atoms with Gasteiger partial charge in [-0.05, 0) is 55.6 Å². The van der Waals surface area contributed by atoms with E-state index in [0.29, 0.717) is 18.8 Å². The summed E-state index contributed by atoms with van der Waals surface area (Å²) in [7, 11) is 0. The summed E-state index contributed by atoms with van der Waals surface area (Å²) in [5.41, 5.74) is 1.01. The minimum Gasteiger partial charge on any atom is -0.387 e. The van der Waals surface area contributed by atoms with Crippen molar-refractivity contribution in [1.82, 2.24) is 0 Å². The monoisotopic (exact) mass is 396 g/mol. The van der Waals surface area contributed by atoms with Crippen LogP contribution >= 0.6 is 23.2 Å². The van der Waals surface area contributed by atoms with Gasteiger partial charge in [0.15, 0.2) is 0 Å². The Kier molecular flexibility index (Phi) is 6.72. The molecule has 0 aliphatic heterocycles. The molecule has 3 rings (SSSR count). The molecule has 0 heterocycles. The molecule has 5 unspecified atom stereocenters. The minimum atomic E-state index is -0.947. The number of aliphatic hydroxyl groups excluding tert-OH is 1. The summed E-state index contributed by atoms with van der Waals surface area (Å²) in [6, 6.07) is 7.98. The molecule has 0 saturated heterocycles. The van der Waals surface area contributed by atoms with Crippen LogP contribution in [0, 0.1) is 5.92 Å². The van der Waals surface area contributed by atoms with E-state index in [-0.39, 0.29) is 16.7 Å². The number of allylic oxidation sites excluding steroid dienone is 2. The van der Waals surface area contributed by atoms with Gasteiger partial charge < -0.3 is 10.2 Å². The van der Waals surface area contributed by atoms with E-state index >= 15 is 0 Å². The van der Waals surface area contributed by atoms with Gasteiger partial charge in [0.05, 0.1) is 5.60 Å². The Morgan fingerprint density at radius 2 is 1.85 bits per heavy atom. The first-order valence-corrected chi connectivity index (χ1v) is 10.8. The fraction of sp³-hybridized carbons (Fsp3) is 0.636. The molecule has 1 aromatic rings. The molecule has 0 aromatic heterocycles. The zero-order chi connectivity index (χ0) is 18.7. The van der Waals surface area contributed by atoms with E-state index in [1.54, 1.807) is 0 Å². The molecule has 5 atom stereocenters. The molecule has 0 amide bonds. The molecule has 2 nitrogen and oxygen atoms in total. The Balaban J connectivity index is 1.73. The lowest BCUT2D eigenvalue weighted by Gasteiger charge is -2.40. The number of rotatable bonds is 7. The predicted molar refractivity (Wildman–Crippen MR) is 109 cm³/mol. The zero-order valence-corrected chi connectivity index (χ0v) is 17.0. The highest BCUT2D eigenvalue weighted by atomic mass is 35.5. The Bertz CT molecular complexity index is 609. The summed E-state index contributed by atoms with van der Waals surface area (Å²) in [5.74, 6) is 0.558. The third-order valence-electron chi connectivity index (χ3n) is 6.16. The number of aliphatic hydroxyl groups is 2. The van der Waals surface area contributed by atoms with Crippen molar-refractivity contribution >= 4 is 23.2 Å². The molecule has 0 radical (unpaired) electrons. The van der Waals surface area contributed by atoms with Crippen LogP contribution in [0.3, 0.4) is 0 Å². The van der Waals surface area contributed by atoms with E-state index in [0.717, 1.165) is 37.7 Å². The van der Waals surface area contributed by atoms with Gasteiger partial charge in [-0.2, -0.15) is 0 Å². The van der Waals surface area contributed by atoms with E-state index in [4.69, 9.17) is 23.2 Å². The first-order valence-electron chi connectivity index (χ1n) is 9.89. The Labute approximate surface area is 167 Å². The average Bonchev–Trinajstić information content (AvgIpc) is 2.89. The van der Waals surface area contributed by atoms with Gasteiger partial charge in [0.2, 0.25) is 0 Å². The fourth-order valence-corrected chi connectivity index (χ4v) is 5.41. The van der Waals surface area contributed by atoms with Crippen LogP contribution in [-0.2, 0) is 0 Å². The minimum absolute atomic E-state index is 0.0358. The maximum absolute atomic E-state index is 10.5. The van der Waals surface area contributed by atoms with Crippen LogP contribution in [0.1, 0.15) is 75.0 Å². The third kappa shape index (κ3) is 4.14. The van der Waals surface area contributed by atoms with E-state index < -0.39 is 11.7 Å². The van der Waals surface area contributed by atoms with E-state index in [1.165, 1.54) is 5.56 Å². The van der Waals surface area contributed by atoms with Crippen molar-refractivity contribution in [3.05, 3.63) is 47.5 Å². The van der Waals surface area contributed by atoms with Crippen molar-refractivity contribution in [3.63, 3.8) is 0 Å². The second-order valence-electron chi connectivity index (χ2n) is 7.98. The van der Waals surface area contributed by atoms with Crippen molar-refractivity contribution in [3.8, 4) is 0 Å². The van der Waals surface area contributed by atoms with Crippen molar-refractivity contribution in [2.45, 2.75) is 80.2 Å². The fourth-order valence-electron chi connectivity index (χ4n) is 4.34. The number of halogens is 2. The second kappa shape index (κ2) is 8.65. The molecule has 2 saturated carbocycles. The van der Waals surface area contributed by atoms with Crippen LogP contribution < -0.4 is 0 Å². The molecule has 2 aliphatic rings. The largest absolute Gasteiger partial charge is 0.387 e. The van der Waals surface area contributed by atoms with Gasteiger partial charge in [-0.25, -0.2) is 0 Å². The van der Waals surface area contributed by atoms with E-state index in [1.807, 2.05) is 12.1 Å². The highest BCUT2D eigenvalue weighted by Crippen LogP contribution is 2.48. The van der Waals surface area contributed by atoms with Crippen molar-refractivity contribution < 1.29 is 10.2 Å². The van der Waals surface area contributed by atoms with Crippen LogP contribution in [0.4, 0.5) is 0 Å². The molecule has 26 heavy (non-hydrogen) atoms. The van der Waals surface area contributed by atoms with Crippen LogP contribution in [-0.4, -0.2) is 26.6 Å². The number of benzene rings is 1. The third-order valence-corrected chi connectivity index (χ3v) is 7.11. The Morgan fingerprint density at radius 3 is 2.42 bits per heavy atom. The normalized spacial score (nSPS) is 31.9. The summed E-state index contributed by atoms with van der Waals surface area (Å²) < 4.78 is 0. The smallest absolute Gasteiger partial charge is 0.108 e. The van der Waals surface area contributed by atoms with Crippen molar-refractivity contribution in [1.29, 1.82) is 0 Å². The van der Waals surface area contributed by atoms with E-state index in [9.17, 15) is 10.2 Å². The average molecular weight is 397 g/mol. The summed E-state index contributed by atoms with van der Waals surface area (Å²) in [6.45, 7) is 2.18. The van der Waals surface area contributed by atoms with Crippen LogP contribution in [0.15, 0.2) is 36.4 Å². The van der Waals surface area contributed by atoms with Gasteiger partial charge in [-0.3, -0.25) is 0 Å². The zero-order valence-electron chi connectivity index (χ0n) is 15.5. The molecule has 0 bridgehead atoms. The van der Waals surface area contributed by atoms with Crippen molar-refractivity contribution in [2.24, 2.45) is 5.92 Å². The highest BCUT2D eigenvalue weighted by Gasteiger charge is 2.43. The summed E-state index contributed by atoms with van der Waals surface area (Å²) in [4.78, 5) is 0. The van der Waals surface area contributed by atoms with Gasteiger partial charge in [-0.15, -0.1) is 23.2 Å². The van der Waals surface area contributed by atoms with Crippen LogP contribution in [0.25, 0.3) is 0 Å². The van der Waals surface area contributed by atoms with Crippen LogP contribution in [0.2, 0.25) is 0 Å². The summed E-state index contributed by atoms with van der Waals surface area (Å²) in [6.07, 6.45) is 10.0. The number of unbranched alkanes of at least 4 members (excludes halogenated alkanes) is 1. The summed E-state index contributed by atoms with van der Waals surface area (Å²) in [5, 5.41) is 21.0. The first-order chi connectivity index (χ1) is 12.5. The quantitative estimate of drug-likeness (QED) is 0.458. The Morgan fingerprint density at radius 1 is 1.15 bits per heavy atom. The molecular formula is C22H30Cl2O2. The topological polar surface area (TPSA) is 40.5 Å². The highest BCUT2D eigenvalue weighted by molar-refractivity contribution is 6.25. The Hall–Kier alpha value is -0.540. The number of hydrogen-bond acceptors (Lipinski definition) is 2. The second-order valence-corrected chi connectivity index (χ2v) is 9.10. The molecule has 1 aromatic carbocycles. The van der Waals surface area contributed by atoms with Gasteiger partial charge in [-0.1, -0.05) is 49.8 Å². The van der Waals surface area contributed by atoms with Gasteiger partial charge >= 0.3 is 0 Å². The van der Waals surface area contributed by atoms with E-state index in [2.05, 4.69) is 31.2 Å². The number of alkyl halides is 2. The SMILES string of the molecule is CCC/C=C\CC1C(Cl)CC(Cl)C1c1ccc(C(O)C2(O)CCC2)cc1. The molecule has 0 spiro atoms. The molecule has 4 heteroatoms. The lowest BCUT2D eigenvalue weighted by molar-refractivity contribution is -0.127. The molecule has 2 N–H and O–H groups in total. The molecule has 2 fully saturated rings. The van der Waals surface area contributed by atoms with Crippen LogP contribution in [0.5, 0.6) is 0 Å². The maximum Gasteiger partial charge on any atom is 0.108 e.